The van der Waals surface area contributed by atoms with Crippen LogP contribution in [0.5, 0.6) is 0 Å². The van der Waals surface area contributed by atoms with Crippen LogP contribution in [0.25, 0.3) is 0 Å². The molecule has 0 bridgehead atoms. The van der Waals surface area contributed by atoms with Gasteiger partial charge in [0.2, 0.25) is 0 Å². The van der Waals surface area contributed by atoms with Gasteiger partial charge in [0, 0.05) is 12.6 Å². The third kappa shape index (κ3) is 1.57. The fraction of sp³-hybridized carbons (Fsp3) is 0.750. The first-order valence-corrected chi connectivity index (χ1v) is 6.26. The topological polar surface area (TPSA) is 41.3 Å². The molecule has 0 saturated carbocycles. The third-order valence-electron chi connectivity index (χ3n) is 4.09. The van der Waals surface area contributed by atoms with E-state index in [9.17, 15) is 5.11 Å². The van der Waals surface area contributed by atoms with Crippen molar-refractivity contribution in [2.45, 2.75) is 44.4 Å². The van der Waals surface area contributed by atoms with Crippen molar-refractivity contribution in [2.75, 3.05) is 13.1 Å². The molecule has 3 heterocycles. The minimum Gasteiger partial charge on any atom is -0.390 e. The molecule has 0 aromatic carbocycles. The fourth-order valence-corrected chi connectivity index (χ4v) is 3.30. The maximum atomic E-state index is 9.29. The molecule has 0 amide bonds. The molecule has 2 aliphatic heterocycles. The Bertz CT molecular complexity index is 363. The first-order valence-electron chi connectivity index (χ1n) is 6.26. The smallest absolute Gasteiger partial charge is 0.0952 e. The zero-order valence-electron chi connectivity index (χ0n) is 9.55. The molecule has 4 nitrogen and oxygen atoms in total. The molecular formula is C12H19N3O. The number of aliphatic hydroxyl groups excluding tert-OH is 1. The summed E-state index contributed by atoms with van der Waals surface area (Å²) in [6, 6.07) is 1.21. The summed E-state index contributed by atoms with van der Waals surface area (Å²) in [6.45, 7) is 2.56. The second kappa shape index (κ2) is 4.18. The number of hydrogen-bond donors (Lipinski definition) is 1. The molecule has 2 aliphatic rings. The number of rotatable bonds is 2. The van der Waals surface area contributed by atoms with E-state index in [1.54, 1.807) is 6.20 Å². The number of hydrogen-bond acceptors (Lipinski definition) is 3. The maximum absolute atomic E-state index is 9.29. The first-order chi connectivity index (χ1) is 7.90. The van der Waals surface area contributed by atoms with Gasteiger partial charge < -0.3 is 9.67 Å². The van der Waals surface area contributed by atoms with E-state index in [0.29, 0.717) is 12.1 Å². The summed E-state index contributed by atoms with van der Waals surface area (Å²) < 4.78 is 2.19. The van der Waals surface area contributed by atoms with Crippen molar-refractivity contribution < 1.29 is 5.11 Å². The van der Waals surface area contributed by atoms with Gasteiger partial charge in [-0.05, 0) is 25.8 Å². The normalized spacial score (nSPS) is 30.6. The SMILES string of the molecule is OCc1cncn1C1CCN2CCCCC12. The van der Waals surface area contributed by atoms with Crippen molar-refractivity contribution in [2.24, 2.45) is 0 Å². The Morgan fingerprint density at radius 2 is 2.19 bits per heavy atom. The summed E-state index contributed by atoms with van der Waals surface area (Å²) >= 11 is 0. The molecular weight excluding hydrogens is 202 g/mol. The molecule has 1 aromatic rings. The van der Waals surface area contributed by atoms with E-state index in [1.807, 2.05) is 6.33 Å². The average Bonchev–Trinajstić information content (AvgIpc) is 2.94. The molecule has 2 fully saturated rings. The van der Waals surface area contributed by atoms with Crippen molar-refractivity contribution in [3.63, 3.8) is 0 Å². The molecule has 2 atom stereocenters. The molecule has 1 aromatic heterocycles. The van der Waals surface area contributed by atoms with Gasteiger partial charge in [-0.25, -0.2) is 4.98 Å². The van der Waals surface area contributed by atoms with Gasteiger partial charge in [-0.15, -0.1) is 0 Å². The molecule has 0 radical (unpaired) electrons. The van der Waals surface area contributed by atoms with Crippen molar-refractivity contribution in [3.8, 4) is 0 Å². The zero-order valence-corrected chi connectivity index (χ0v) is 9.55. The minimum absolute atomic E-state index is 0.100. The second-order valence-corrected chi connectivity index (χ2v) is 4.91. The number of imidazole rings is 1. The van der Waals surface area contributed by atoms with Crippen LogP contribution in [0.1, 0.15) is 37.4 Å². The lowest BCUT2D eigenvalue weighted by molar-refractivity contribution is 0.169. The summed E-state index contributed by atoms with van der Waals surface area (Å²) in [4.78, 5) is 6.77. The summed E-state index contributed by atoms with van der Waals surface area (Å²) in [6.07, 6.45) is 8.86. The highest BCUT2D eigenvalue weighted by atomic mass is 16.3. The third-order valence-corrected chi connectivity index (χ3v) is 4.09. The van der Waals surface area contributed by atoms with E-state index in [0.717, 1.165) is 5.69 Å². The summed E-state index contributed by atoms with van der Waals surface area (Å²) in [5, 5.41) is 9.29. The number of aliphatic hydroxyl groups is 1. The van der Waals surface area contributed by atoms with E-state index in [2.05, 4.69) is 14.5 Å². The van der Waals surface area contributed by atoms with Gasteiger partial charge >= 0.3 is 0 Å². The number of aromatic nitrogens is 2. The van der Waals surface area contributed by atoms with Crippen LogP contribution in [0, 0.1) is 0 Å². The van der Waals surface area contributed by atoms with Crippen LogP contribution in [-0.4, -0.2) is 38.7 Å². The predicted molar refractivity (Wildman–Crippen MR) is 61.0 cm³/mol. The highest BCUT2D eigenvalue weighted by Gasteiger charge is 2.36. The summed E-state index contributed by atoms with van der Waals surface area (Å²) in [5.41, 5.74) is 0.956. The molecule has 1 N–H and O–H groups in total. The van der Waals surface area contributed by atoms with Crippen LogP contribution >= 0.6 is 0 Å². The number of fused-ring (bicyclic) bond motifs is 1. The lowest BCUT2D eigenvalue weighted by Gasteiger charge is -2.33. The molecule has 3 rings (SSSR count). The number of piperidine rings is 1. The fourth-order valence-electron chi connectivity index (χ4n) is 3.30. The largest absolute Gasteiger partial charge is 0.390 e. The summed E-state index contributed by atoms with van der Waals surface area (Å²) in [7, 11) is 0. The Kier molecular flexibility index (Phi) is 2.69. The molecule has 4 heteroatoms. The highest BCUT2D eigenvalue weighted by molar-refractivity contribution is 5.03. The van der Waals surface area contributed by atoms with Crippen LogP contribution in [0.15, 0.2) is 12.5 Å². The van der Waals surface area contributed by atoms with Crippen molar-refractivity contribution in [1.82, 2.24) is 14.5 Å². The van der Waals surface area contributed by atoms with Crippen LogP contribution in [0.3, 0.4) is 0 Å². The van der Waals surface area contributed by atoms with Gasteiger partial charge in [0.25, 0.3) is 0 Å². The van der Waals surface area contributed by atoms with Gasteiger partial charge in [0.1, 0.15) is 0 Å². The van der Waals surface area contributed by atoms with Crippen molar-refractivity contribution in [1.29, 1.82) is 0 Å². The van der Waals surface area contributed by atoms with Gasteiger partial charge in [0.15, 0.2) is 0 Å². The Morgan fingerprint density at radius 3 is 3.06 bits per heavy atom. The van der Waals surface area contributed by atoms with Crippen LogP contribution < -0.4 is 0 Å². The van der Waals surface area contributed by atoms with Gasteiger partial charge in [-0.1, -0.05) is 6.42 Å². The maximum Gasteiger partial charge on any atom is 0.0952 e. The van der Waals surface area contributed by atoms with E-state index < -0.39 is 0 Å². The average molecular weight is 221 g/mol. The second-order valence-electron chi connectivity index (χ2n) is 4.91. The van der Waals surface area contributed by atoms with Crippen molar-refractivity contribution >= 4 is 0 Å². The molecule has 2 unspecified atom stereocenters. The predicted octanol–water partition coefficient (Wildman–Crippen LogP) is 1.17. The highest BCUT2D eigenvalue weighted by Crippen LogP contribution is 2.35. The quantitative estimate of drug-likeness (QED) is 0.815. The monoisotopic (exact) mass is 221 g/mol. The van der Waals surface area contributed by atoms with E-state index in [-0.39, 0.29) is 6.61 Å². The van der Waals surface area contributed by atoms with Crippen molar-refractivity contribution in [3.05, 3.63) is 18.2 Å². The van der Waals surface area contributed by atoms with E-state index >= 15 is 0 Å². The van der Waals surface area contributed by atoms with Crippen LogP contribution in [-0.2, 0) is 6.61 Å². The lowest BCUT2D eigenvalue weighted by atomic mass is 9.99. The standard InChI is InChI=1S/C12H19N3O/c16-8-10-7-13-9-15(10)12-4-6-14-5-2-1-3-11(12)14/h7,9,11-12,16H,1-6,8H2. The van der Waals surface area contributed by atoms with Gasteiger partial charge in [-0.2, -0.15) is 0 Å². The Morgan fingerprint density at radius 1 is 1.25 bits per heavy atom. The lowest BCUT2D eigenvalue weighted by Crippen LogP contribution is -2.37. The Hall–Kier alpha value is -0.870. The molecule has 88 valence electrons. The van der Waals surface area contributed by atoms with E-state index in [1.165, 1.54) is 38.8 Å². The minimum atomic E-state index is 0.100. The molecule has 0 aliphatic carbocycles. The Labute approximate surface area is 95.9 Å². The molecule has 16 heavy (non-hydrogen) atoms. The van der Waals surface area contributed by atoms with Crippen LogP contribution in [0.4, 0.5) is 0 Å². The molecule has 2 saturated heterocycles. The first kappa shape index (κ1) is 10.3. The Balaban J connectivity index is 1.84. The van der Waals surface area contributed by atoms with Crippen LogP contribution in [0.2, 0.25) is 0 Å². The zero-order chi connectivity index (χ0) is 11.0. The molecule has 0 spiro atoms. The van der Waals surface area contributed by atoms with E-state index in [4.69, 9.17) is 0 Å². The van der Waals surface area contributed by atoms with Gasteiger partial charge in [0.05, 0.1) is 30.9 Å². The summed E-state index contributed by atoms with van der Waals surface area (Å²) in [5.74, 6) is 0. The number of nitrogens with zero attached hydrogens (tertiary/aromatic N) is 3. The van der Waals surface area contributed by atoms with Gasteiger partial charge in [-0.3, -0.25) is 4.90 Å².